The number of hydrogen-bond acceptors (Lipinski definition) is 4. The third-order valence-electron chi connectivity index (χ3n) is 3.66. The summed E-state index contributed by atoms with van der Waals surface area (Å²) >= 11 is 9.57. The van der Waals surface area contributed by atoms with Gasteiger partial charge in [-0.3, -0.25) is 9.97 Å². The second-order valence-electron chi connectivity index (χ2n) is 5.32. The van der Waals surface area contributed by atoms with Crippen LogP contribution in [0.2, 0.25) is 5.02 Å². The van der Waals surface area contributed by atoms with Crippen LogP contribution in [0, 0.1) is 0 Å². The molecule has 2 aromatic heterocycles. The van der Waals surface area contributed by atoms with Crippen molar-refractivity contribution in [1.82, 2.24) is 9.97 Å². The Bertz CT molecular complexity index is 915. The van der Waals surface area contributed by atoms with Gasteiger partial charge in [0.2, 0.25) is 0 Å². The van der Waals surface area contributed by atoms with E-state index in [4.69, 9.17) is 16.3 Å². The smallest absolute Gasteiger partial charge is 0.337 e. The van der Waals surface area contributed by atoms with E-state index in [1.165, 1.54) is 7.11 Å². The molecule has 2 heterocycles. The van der Waals surface area contributed by atoms with Crippen molar-refractivity contribution >= 4 is 44.4 Å². The average molecular weight is 406 g/mol. The number of carbonyl (C=O) groups excluding carboxylic acids is 1. The standard InChI is InChI=1S/C18H14BrClN2O2/c1-24-18(23)12-2-3-21-16(8-12)6-11-4-13-7-15(20)10-22-17(13)14(5-11)9-19/h2-5,7-8,10H,6,9H2,1H3. The van der Waals surface area contributed by atoms with Gasteiger partial charge < -0.3 is 4.74 Å². The van der Waals surface area contributed by atoms with E-state index in [0.29, 0.717) is 22.3 Å². The molecule has 0 radical (unpaired) electrons. The molecular weight excluding hydrogens is 392 g/mol. The second kappa shape index (κ2) is 7.28. The first kappa shape index (κ1) is 16.9. The Labute approximate surface area is 153 Å². The lowest BCUT2D eigenvalue weighted by atomic mass is 10.0. The van der Waals surface area contributed by atoms with Crippen LogP contribution in [0.4, 0.5) is 0 Å². The largest absolute Gasteiger partial charge is 0.465 e. The number of rotatable bonds is 4. The fraction of sp³-hybridized carbons (Fsp3) is 0.167. The lowest BCUT2D eigenvalue weighted by Gasteiger charge is -2.09. The van der Waals surface area contributed by atoms with Crippen molar-refractivity contribution in [2.45, 2.75) is 11.8 Å². The predicted octanol–water partition coefficient (Wildman–Crippen LogP) is 4.56. The highest BCUT2D eigenvalue weighted by Gasteiger charge is 2.10. The van der Waals surface area contributed by atoms with Crippen molar-refractivity contribution in [3.05, 3.63) is 70.1 Å². The number of ether oxygens (including phenoxy) is 1. The van der Waals surface area contributed by atoms with Crippen LogP contribution < -0.4 is 0 Å². The first-order valence-electron chi connectivity index (χ1n) is 7.27. The van der Waals surface area contributed by atoms with Gasteiger partial charge in [0.05, 0.1) is 23.2 Å². The molecule has 0 bridgehead atoms. The van der Waals surface area contributed by atoms with Crippen molar-refractivity contribution in [3.63, 3.8) is 0 Å². The molecule has 0 spiro atoms. The molecule has 0 atom stereocenters. The molecule has 0 amide bonds. The minimum Gasteiger partial charge on any atom is -0.465 e. The van der Waals surface area contributed by atoms with Crippen molar-refractivity contribution in [2.24, 2.45) is 0 Å². The zero-order valence-corrected chi connectivity index (χ0v) is 15.3. The van der Waals surface area contributed by atoms with Crippen molar-refractivity contribution in [3.8, 4) is 0 Å². The topological polar surface area (TPSA) is 52.1 Å². The molecule has 6 heteroatoms. The van der Waals surface area contributed by atoms with Crippen LogP contribution in [0.5, 0.6) is 0 Å². The number of methoxy groups -OCH3 is 1. The first-order valence-corrected chi connectivity index (χ1v) is 8.77. The summed E-state index contributed by atoms with van der Waals surface area (Å²) in [6.07, 6.45) is 3.87. The molecule has 122 valence electrons. The van der Waals surface area contributed by atoms with Crippen LogP contribution in [0.25, 0.3) is 10.9 Å². The Balaban J connectivity index is 1.99. The molecule has 0 fully saturated rings. The van der Waals surface area contributed by atoms with E-state index in [2.05, 4.69) is 32.0 Å². The normalized spacial score (nSPS) is 10.8. The van der Waals surface area contributed by atoms with Gasteiger partial charge in [0, 0.05) is 35.2 Å². The number of halogens is 2. The Morgan fingerprint density at radius 1 is 1.25 bits per heavy atom. The highest BCUT2D eigenvalue weighted by Crippen LogP contribution is 2.25. The van der Waals surface area contributed by atoms with Crippen LogP contribution in [0.1, 0.15) is 27.2 Å². The van der Waals surface area contributed by atoms with Gasteiger partial charge in [0.1, 0.15) is 0 Å². The van der Waals surface area contributed by atoms with Gasteiger partial charge in [-0.25, -0.2) is 4.79 Å². The number of nitrogens with zero attached hydrogens (tertiary/aromatic N) is 2. The molecule has 0 N–H and O–H groups in total. The first-order chi connectivity index (χ1) is 11.6. The molecule has 3 rings (SSSR count). The maximum Gasteiger partial charge on any atom is 0.337 e. The van der Waals surface area contributed by atoms with E-state index < -0.39 is 0 Å². The molecule has 0 aliphatic heterocycles. The molecule has 24 heavy (non-hydrogen) atoms. The Morgan fingerprint density at radius 3 is 2.83 bits per heavy atom. The van der Waals surface area contributed by atoms with Gasteiger partial charge in [-0.05, 0) is 35.4 Å². The summed E-state index contributed by atoms with van der Waals surface area (Å²) in [5.41, 5.74) is 4.39. The number of carbonyl (C=O) groups is 1. The summed E-state index contributed by atoms with van der Waals surface area (Å²) < 4.78 is 4.75. The van der Waals surface area contributed by atoms with E-state index in [0.717, 1.165) is 27.7 Å². The molecule has 0 unspecified atom stereocenters. The molecular formula is C18H14BrClN2O2. The Hall–Kier alpha value is -1.98. The predicted molar refractivity (Wildman–Crippen MR) is 97.8 cm³/mol. The summed E-state index contributed by atoms with van der Waals surface area (Å²) in [5.74, 6) is -0.366. The maximum absolute atomic E-state index is 11.7. The van der Waals surface area contributed by atoms with Crippen LogP contribution in [0.3, 0.4) is 0 Å². The summed E-state index contributed by atoms with van der Waals surface area (Å²) in [4.78, 5) is 20.4. The fourth-order valence-electron chi connectivity index (χ4n) is 2.60. The van der Waals surface area contributed by atoms with Crippen molar-refractivity contribution in [2.75, 3.05) is 7.11 Å². The van der Waals surface area contributed by atoms with Crippen LogP contribution in [-0.2, 0) is 16.5 Å². The third-order valence-corrected chi connectivity index (χ3v) is 4.47. The summed E-state index contributed by atoms with van der Waals surface area (Å²) in [5, 5.41) is 2.28. The lowest BCUT2D eigenvalue weighted by Crippen LogP contribution is -2.03. The number of aromatic nitrogens is 2. The van der Waals surface area contributed by atoms with Gasteiger partial charge in [-0.15, -0.1) is 0 Å². The highest BCUT2D eigenvalue weighted by atomic mass is 79.9. The average Bonchev–Trinajstić information content (AvgIpc) is 2.60. The van der Waals surface area contributed by atoms with Crippen LogP contribution in [0.15, 0.2) is 42.7 Å². The monoisotopic (exact) mass is 404 g/mol. The minimum absolute atomic E-state index is 0.366. The van der Waals surface area contributed by atoms with E-state index >= 15 is 0 Å². The van der Waals surface area contributed by atoms with E-state index in [-0.39, 0.29) is 5.97 Å². The highest BCUT2D eigenvalue weighted by molar-refractivity contribution is 9.08. The molecule has 3 aromatic rings. The number of hydrogen-bond donors (Lipinski definition) is 0. The molecule has 1 aromatic carbocycles. The van der Waals surface area contributed by atoms with E-state index in [1.807, 2.05) is 12.1 Å². The van der Waals surface area contributed by atoms with Crippen LogP contribution in [-0.4, -0.2) is 23.0 Å². The van der Waals surface area contributed by atoms with Gasteiger partial charge in [0.15, 0.2) is 0 Å². The number of esters is 1. The van der Waals surface area contributed by atoms with Gasteiger partial charge in [0.25, 0.3) is 0 Å². The number of benzene rings is 1. The second-order valence-corrected chi connectivity index (χ2v) is 6.32. The number of fused-ring (bicyclic) bond motifs is 1. The number of alkyl halides is 1. The summed E-state index contributed by atoms with van der Waals surface area (Å²) in [6, 6.07) is 9.43. The molecule has 4 nitrogen and oxygen atoms in total. The summed E-state index contributed by atoms with van der Waals surface area (Å²) in [7, 11) is 1.37. The minimum atomic E-state index is -0.366. The molecule has 0 aliphatic rings. The molecule has 0 saturated heterocycles. The SMILES string of the molecule is COC(=O)c1ccnc(Cc2cc(CBr)c3ncc(Cl)cc3c2)c1. The van der Waals surface area contributed by atoms with Gasteiger partial charge >= 0.3 is 5.97 Å². The zero-order chi connectivity index (χ0) is 17.1. The molecule has 0 saturated carbocycles. The van der Waals surface area contributed by atoms with Gasteiger partial charge in [-0.2, -0.15) is 0 Å². The maximum atomic E-state index is 11.7. The summed E-state index contributed by atoms with van der Waals surface area (Å²) in [6.45, 7) is 0. The van der Waals surface area contributed by atoms with E-state index in [9.17, 15) is 4.79 Å². The van der Waals surface area contributed by atoms with Crippen molar-refractivity contribution in [1.29, 1.82) is 0 Å². The third kappa shape index (κ3) is 3.57. The molecule has 0 aliphatic carbocycles. The van der Waals surface area contributed by atoms with E-state index in [1.54, 1.807) is 24.5 Å². The van der Waals surface area contributed by atoms with Gasteiger partial charge in [-0.1, -0.05) is 33.6 Å². The fourth-order valence-corrected chi connectivity index (χ4v) is 3.19. The Morgan fingerprint density at radius 2 is 2.08 bits per heavy atom. The van der Waals surface area contributed by atoms with Crippen molar-refractivity contribution < 1.29 is 9.53 Å². The van der Waals surface area contributed by atoms with Crippen LogP contribution >= 0.6 is 27.5 Å². The quantitative estimate of drug-likeness (QED) is 0.472. The number of pyridine rings is 2. The lowest BCUT2D eigenvalue weighted by molar-refractivity contribution is 0.0600. The Kier molecular flexibility index (Phi) is 5.11. The zero-order valence-electron chi connectivity index (χ0n) is 12.9.